The van der Waals surface area contributed by atoms with Crippen molar-refractivity contribution < 1.29 is 19.1 Å². The van der Waals surface area contributed by atoms with E-state index in [1.807, 2.05) is 0 Å². The quantitative estimate of drug-likeness (QED) is 0.760. The number of esters is 1. The number of benzene rings is 1. The van der Waals surface area contributed by atoms with Crippen LogP contribution in [0.5, 0.6) is 0 Å². The van der Waals surface area contributed by atoms with Crippen LogP contribution in [-0.4, -0.2) is 23.9 Å². The molecule has 0 spiro atoms. The van der Waals surface area contributed by atoms with Crippen LogP contribution in [0.4, 0.5) is 11.4 Å². The Bertz CT molecular complexity index is 745. The summed E-state index contributed by atoms with van der Waals surface area (Å²) in [6.07, 6.45) is 5.10. The van der Waals surface area contributed by atoms with E-state index in [1.165, 1.54) is 13.3 Å². The van der Waals surface area contributed by atoms with Crippen molar-refractivity contribution in [3.05, 3.63) is 24.3 Å². The van der Waals surface area contributed by atoms with Gasteiger partial charge in [0.25, 0.3) is 5.91 Å². The van der Waals surface area contributed by atoms with Crippen molar-refractivity contribution in [3.8, 4) is 0 Å². The van der Waals surface area contributed by atoms with Crippen LogP contribution in [0.3, 0.4) is 0 Å². The summed E-state index contributed by atoms with van der Waals surface area (Å²) in [5.74, 6) is 1.77. The van der Waals surface area contributed by atoms with Crippen molar-refractivity contribution in [1.82, 2.24) is 0 Å². The van der Waals surface area contributed by atoms with Gasteiger partial charge < -0.3 is 15.4 Å². The van der Waals surface area contributed by atoms with Gasteiger partial charge in [0, 0.05) is 18.3 Å². The van der Waals surface area contributed by atoms with Crippen molar-refractivity contribution in [3.63, 3.8) is 0 Å². The summed E-state index contributed by atoms with van der Waals surface area (Å²) >= 11 is 0. The van der Waals surface area contributed by atoms with Crippen molar-refractivity contribution in [2.45, 2.75) is 52.1 Å². The van der Waals surface area contributed by atoms with Crippen LogP contribution in [0, 0.1) is 29.6 Å². The molecule has 6 heteroatoms. The molecule has 4 saturated carbocycles. The zero-order valence-electron chi connectivity index (χ0n) is 16.4. The van der Waals surface area contributed by atoms with Gasteiger partial charge >= 0.3 is 5.97 Å². The molecule has 2 N–H and O–H groups in total. The molecule has 0 aromatic heterocycles. The van der Waals surface area contributed by atoms with Gasteiger partial charge in [-0.1, -0.05) is 0 Å². The van der Waals surface area contributed by atoms with E-state index in [-0.39, 0.29) is 23.7 Å². The highest BCUT2D eigenvalue weighted by molar-refractivity contribution is 5.95. The molecular formula is C22H28N2O4. The van der Waals surface area contributed by atoms with Crippen LogP contribution in [-0.2, 0) is 19.1 Å². The molecule has 1 aromatic rings. The summed E-state index contributed by atoms with van der Waals surface area (Å²) in [6, 6.07) is 6.83. The van der Waals surface area contributed by atoms with Crippen LogP contribution in [0.1, 0.15) is 46.0 Å². The van der Waals surface area contributed by atoms with Crippen LogP contribution in [0.15, 0.2) is 24.3 Å². The first-order valence-electron chi connectivity index (χ1n) is 10.3. The molecule has 1 aromatic carbocycles. The molecule has 0 unspecified atom stereocenters. The monoisotopic (exact) mass is 384 g/mol. The van der Waals surface area contributed by atoms with Crippen LogP contribution in [0.25, 0.3) is 0 Å². The maximum Gasteiger partial charge on any atom is 0.310 e. The fraction of sp³-hybridized carbons (Fsp3) is 0.591. The SMILES string of the molecule is CC(=O)Nc1ccc(NC(=O)[C@@H](C)OC(=O)C2C3CC4CC(C3)CC2C4)cc1. The smallest absolute Gasteiger partial charge is 0.310 e. The first-order chi connectivity index (χ1) is 13.4. The van der Waals surface area contributed by atoms with E-state index in [9.17, 15) is 14.4 Å². The fourth-order valence-corrected chi connectivity index (χ4v) is 5.70. The first-order valence-corrected chi connectivity index (χ1v) is 10.3. The predicted molar refractivity (Wildman–Crippen MR) is 105 cm³/mol. The molecule has 4 aliphatic rings. The minimum Gasteiger partial charge on any atom is -0.452 e. The van der Waals surface area contributed by atoms with Gasteiger partial charge in [-0.3, -0.25) is 14.4 Å². The Kier molecular flexibility index (Phi) is 5.13. The van der Waals surface area contributed by atoms with Gasteiger partial charge in [0.15, 0.2) is 6.10 Å². The Hall–Kier alpha value is -2.37. The lowest BCUT2D eigenvalue weighted by Crippen LogP contribution is -2.49. The lowest BCUT2D eigenvalue weighted by molar-refractivity contribution is -0.169. The molecule has 0 heterocycles. The zero-order chi connectivity index (χ0) is 19.8. The molecule has 4 aliphatic carbocycles. The highest BCUT2D eigenvalue weighted by Crippen LogP contribution is 2.56. The third-order valence-electron chi connectivity index (χ3n) is 6.63. The number of nitrogens with one attached hydrogen (secondary N) is 2. The second-order valence-electron chi connectivity index (χ2n) is 8.78. The third-order valence-corrected chi connectivity index (χ3v) is 6.63. The molecule has 6 nitrogen and oxygen atoms in total. The Morgan fingerprint density at radius 1 is 0.893 bits per heavy atom. The van der Waals surface area contributed by atoms with E-state index in [2.05, 4.69) is 10.6 Å². The number of hydrogen-bond donors (Lipinski definition) is 2. The summed E-state index contributed by atoms with van der Waals surface area (Å²) in [5.41, 5.74) is 1.25. The van der Waals surface area contributed by atoms with Crippen molar-refractivity contribution in [1.29, 1.82) is 0 Å². The summed E-state index contributed by atoms with van der Waals surface area (Å²) in [7, 11) is 0. The minimum atomic E-state index is -0.834. The molecule has 150 valence electrons. The molecule has 0 saturated heterocycles. The van der Waals surface area contributed by atoms with Crippen LogP contribution < -0.4 is 10.6 Å². The summed E-state index contributed by atoms with van der Waals surface area (Å²) in [5, 5.41) is 5.44. The van der Waals surface area contributed by atoms with E-state index in [0.717, 1.165) is 37.5 Å². The van der Waals surface area contributed by atoms with Crippen molar-refractivity contribution in [2.24, 2.45) is 29.6 Å². The zero-order valence-corrected chi connectivity index (χ0v) is 16.4. The lowest BCUT2D eigenvalue weighted by Gasteiger charge is -2.53. The second-order valence-corrected chi connectivity index (χ2v) is 8.78. The maximum atomic E-state index is 12.8. The van der Waals surface area contributed by atoms with E-state index in [0.29, 0.717) is 23.2 Å². The molecule has 28 heavy (non-hydrogen) atoms. The standard InChI is InChI=1S/C22H28N2O4/c1-12(21(26)24-19-5-3-18(4-6-19)23-13(2)25)28-22(27)20-16-8-14-7-15(10-16)11-17(20)9-14/h3-6,12,14-17,20H,7-11H2,1-2H3,(H,23,25)(H,24,26)/t12-,14?,15?,16?,17?,20?/m1/s1. The van der Waals surface area contributed by atoms with Gasteiger partial charge in [-0.2, -0.15) is 0 Å². The number of hydrogen-bond acceptors (Lipinski definition) is 4. The van der Waals surface area contributed by atoms with E-state index in [1.54, 1.807) is 31.2 Å². The molecule has 5 rings (SSSR count). The van der Waals surface area contributed by atoms with Gasteiger partial charge in [-0.25, -0.2) is 0 Å². The summed E-state index contributed by atoms with van der Waals surface area (Å²) < 4.78 is 5.58. The Labute approximate surface area is 165 Å². The average molecular weight is 384 g/mol. The summed E-state index contributed by atoms with van der Waals surface area (Å²) in [6.45, 7) is 3.06. The molecular weight excluding hydrogens is 356 g/mol. The number of rotatable bonds is 5. The molecule has 4 bridgehead atoms. The second kappa shape index (κ2) is 7.57. The highest BCUT2D eigenvalue weighted by atomic mass is 16.5. The lowest BCUT2D eigenvalue weighted by atomic mass is 9.52. The van der Waals surface area contributed by atoms with Gasteiger partial charge in [0.2, 0.25) is 5.91 Å². The Morgan fingerprint density at radius 2 is 1.39 bits per heavy atom. The Balaban J connectivity index is 1.32. The average Bonchev–Trinajstić information content (AvgIpc) is 2.62. The molecule has 1 atom stereocenters. The van der Waals surface area contributed by atoms with Crippen molar-refractivity contribution >= 4 is 29.2 Å². The minimum absolute atomic E-state index is 0.0278. The van der Waals surface area contributed by atoms with Crippen LogP contribution >= 0.6 is 0 Å². The third kappa shape index (κ3) is 3.91. The molecule has 4 fully saturated rings. The van der Waals surface area contributed by atoms with Gasteiger partial charge in [0.1, 0.15) is 0 Å². The fourth-order valence-electron chi connectivity index (χ4n) is 5.70. The van der Waals surface area contributed by atoms with Crippen molar-refractivity contribution in [2.75, 3.05) is 10.6 Å². The number of anilines is 2. The number of carbonyl (C=O) groups is 3. The van der Waals surface area contributed by atoms with Crippen LogP contribution in [0.2, 0.25) is 0 Å². The van der Waals surface area contributed by atoms with E-state index >= 15 is 0 Å². The molecule has 2 amide bonds. The maximum absolute atomic E-state index is 12.8. The number of amides is 2. The van der Waals surface area contributed by atoms with Gasteiger partial charge in [-0.15, -0.1) is 0 Å². The van der Waals surface area contributed by atoms with Gasteiger partial charge in [-0.05, 0) is 87.0 Å². The normalized spacial score (nSPS) is 31.1. The highest BCUT2D eigenvalue weighted by Gasteiger charge is 2.51. The van der Waals surface area contributed by atoms with E-state index in [4.69, 9.17) is 4.74 Å². The largest absolute Gasteiger partial charge is 0.452 e. The summed E-state index contributed by atoms with van der Waals surface area (Å²) in [4.78, 5) is 36.3. The Morgan fingerprint density at radius 3 is 1.89 bits per heavy atom. The predicted octanol–water partition coefficient (Wildman–Crippen LogP) is 3.59. The first kappa shape index (κ1) is 19.0. The molecule has 0 radical (unpaired) electrons. The molecule has 0 aliphatic heterocycles. The topological polar surface area (TPSA) is 84.5 Å². The van der Waals surface area contributed by atoms with Gasteiger partial charge in [0.05, 0.1) is 5.92 Å². The van der Waals surface area contributed by atoms with E-state index < -0.39 is 6.10 Å². The number of ether oxygens (including phenoxy) is 1. The number of carbonyl (C=O) groups excluding carboxylic acids is 3.